The Hall–Kier alpha value is -4.52. The zero-order valence-corrected chi connectivity index (χ0v) is 30.0. The Kier molecular flexibility index (Phi) is 13.2. The van der Waals surface area contributed by atoms with Gasteiger partial charge in [-0.25, -0.2) is 0 Å². The van der Waals surface area contributed by atoms with E-state index < -0.39 is 0 Å². The van der Waals surface area contributed by atoms with Crippen LogP contribution < -0.4 is 14.4 Å². The van der Waals surface area contributed by atoms with E-state index >= 15 is 0 Å². The van der Waals surface area contributed by atoms with Crippen molar-refractivity contribution in [2.24, 2.45) is 12.0 Å². The lowest BCUT2D eigenvalue weighted by atomic mass is 10.1. The molecule has 0 fully saturated rings. The Morgan fingerprint density at radius 3 is 2.00 bits per heavy atom. The highest BCUT2D eigenvalue weighted by atomic mass is 33.1. The van der Waals surface area contributed by atoms with Crippen LogP contribution in [0.1, 0.15) is 16.8 Å². The van der Waals surface area contributed by atoms with Crippen LogP contribution in [-0.2, 0) is 7.05 Å². The first kappa shape index (κ1) is 34.8. The summed E-state index contributed by atoms with van der Waals surface area (Å²) < 4.78 is 2.25. The molecule has 48 heavy (non-hydrogen) atoms. The van der Waals surface area contributed by atoms with Crippen molar-refractivity contribution < 1.29 is 4.57 Å². The van der Waals surface area contributed by atoms with Gasteiger partial charge in [-0.05, 0) is 53.1 Å². The molecule has 1 aliphatic rings. The van der Waals surface area contributed by atoms with Crippen LogP contribution in [0.4, 0.5) is 11.4 Å². The number of aromatic nitrogens is 1. The lowest BCUT2D eigenvalue weighted by Crippen LogP contribution is -2.32. The normalized spacial score (nSPS) is 14.8. The summed E-state index contributed by atoms with van der Waals surface area (Å²) >= 11 is 0. The number of aryl methyl sites for hydroxylation is 1. The molecule has 6 heteroatoms. The van der Waals surface area contributed by atoms with Gasteiger partial charge in [-0.2, -0.15) is 4.57 Å². The Morgan fingerprint density at radius 1 is 0.667 bits per heavy atom. The number of allylic oxidation sites excluding steroid dienone is 9. The van der Waals surface area contributed by atoms with Crippen molar-refractivity contribution in [1.29, 1.82) is 0 Å². The third-order valence-electron chi connectivity index (χ3n) is 8.30. The summed E-state index contributed by atoms with van der Waals surface area (Å²) in [6, 6.07) is 30.2. The number of aliphatic imine (C=N–C) groups is 1. The van der Waals surface area contributed by atoms with Gasteiger partial charge < -0.3 is 9.80 Å². The van der Waals surface area contributed by atoms with Crippen molar-refractivity contribution in [3.05, 3.63) is 156 Å². The molecule has 0 aliphatic heterocycles. The van der Waals surface area contributed by atoms with Gasteiger partial charge in [0, 0.05) is 80.7 Å². The van der Waals surface area contributed by atoms with Gasteiger partial charge in [-0.1, -0.05) is 119 Å². The fourth-order valence-corrected chi connectivity index (χ4v) is 7.66. The van der Waals surface area contributed by atoms with Crippen LogP contribution in [0.5, 0.6) is 0 Å². The van der Waals surface area contributed by atoms with E-state index in [1.54, 1.807) is 0 Å². The van der Waals surface area contributed by atoms with E-state index in [4.69, 9.17) is 0 Å². The minimum absolute atomic E-state index is 0.985. The molecule has 0 saturated heterocycles. The van der Waals surface area contributed by atoms with E-state index in [0.29, 0.717) is 0 Å². The second-order valence-electron chi connectivity index (χ2n) is 11.5. The highest BCUT2D eigenvalue weighted by Crippen LogP contribution is 2.26. The average Bonchev–Trinajstić information content (AvgIpc) is 3.13. The first-order valence-corrected chi connectivity index (χ1v) is 18.8. The molecule has 4 nitrogen and oxygen atoms in total. The van der Waals surface area contributed by atoms with Crippen molar-refractivity contribution in [3.63, 3.8) is 0 Å². The molecule has 0 atom stereocenters. The molecule has 1 heterocycles. The summed E-state index contributed by atoms with van der Waals surface area (Å²) in [5, 5.41) is 1.25. The Labute approximate surface area is 294 Å². The summed E-state index contributed by atoms with van der Waals surface area (Å²) in [5.74, 6) is 2.11. The van der Waals surface area contributed by atoms with E-state index in [9.17, 15) is 0 Å². The standard InChI is InChI=1S/C42H45N4S2/c1-43-39-22-12-8-17-34(39)16-6-5-7-18-35-19-9-13-23-40(35)44(2)30-32-47-48-33-31-45(3)41-24-14-10-20-36(41)26-28-38-29-27-37-21-11-15-25-42(37)46(38)4/h5-29H,30-33H2,1-4H3/q+1/b6-5+,18-7+,34-16-,43-39+. The summed E-state index contributed by atoms with van der Waals surface area (Å²) in [6.07, 6.45) is 23.1. The number of nitrogens with zero attached hydrogens (tertiary/aromatic N) is 4. The largest absolute Gasteiger partial charge is 0.373 e. The number of fused-ring (bicyclic) bond motifs is 1. The summed E-state index contributed by atoms with van der Waals surface area (Å²) in [6.45, 7) is 1.97. The van der Waals surface area contributed by atoms with Gasteiger partial charge in [-0.15, -0.1) is 0 Å². The van der Waals surface area contributed by atoms with Crippen LogP contribution in [0.2, 0.25) is 0 Å². The Balaban J connectivity index is 1.08. The maximum atomic E-state index is 4.34. The number of para-hydroxylation sites is 3. The number of pyridine rings is 1. The van der Waals surface area contributed by atoms with Crippen molar-refractivity contribution in [2.75, 3.05) is 55.5 Å². The monoisotopic (exact) mass is 669 g/mol. The van der Waals surface area contributed by atoms with Crippen molar-refractivity contribution in [3.8, 4) is 0 Å². The number of hydrogen-bond acceptors (Lipinski definition) is 5. The summed E-state index contributed by atoms with van der Waals surface area (Å²) in [4.78, 5) is 9.06. The topological polar surface area (TPSA) is 22.7 Å². The second kappa shape index (κ2) is 18.1. The molecular weight excluding hydrogens is 625 g/mol. The van der Waals surface area contributed by atoms with Crippen molar-refractivity contribution in [2.45, 2.75) is 0 Å². The van der Waals surface area contributed by atoms with E-state index in [1.807, 2.05) is 46.9 Å². The molecule has 0 amide bonds. The minimum atomic E-state index is 0.985. The van der Waals surface area contributed by atoms with Gasteiger partial charge in [0.15, 0.2) is 0 Å². The minimum Gasteiger partial charge on any atom is -0.373 e. The smallest absolute Gasteiger partial charge is 0.212 e. The molecule has 0 radical (unpaired) electrons. The third-order valence-corrected chi connectivity index (χ3v) is 10.7. The van der Waals surface area contributed by atoms with E-state index in [1.165, 1.54) is 39.1 Å². The predicted molar refractivity (Wildman–Crippen MR) is 216 cm³/mol. The molecule has 5 rings (SSSR count). The van der Waals surface area contributed by atoms with Gasteiger partial charge in [0.25, 0.3) is 0 Å². The molecule has 0 unspecified atom stereocenters. The molecule has 0 spiro atoms. The molecule has 1 aliphatic carbocycles. The fourth-order valence-electron chi connectivity index (χ4n) is 5.58. The third kappa shape index (κ3) is 9.52. The lowest BCUT2D eigenvalue weighted by Gasteiger charge is -2.22. The van der Waals surface area contributed by atoms with Crippen LogP contribution in [0.15, 0.2) is 144 Å². The summed E-state index contributed by atoms with van der Waals surface area (Å²) in [7, 11) is 12.2. The number of rotatable bonds is 14. The quantitative estimate of drug-likeness (QED) is 0.0578. The van der Waals surface area contributed by atoms with E-state index in [-0.39, 0.29) is 0 Å². The molecule has 0 N–H and O–H groups in total. The first-order chi connectivity index (χ1) is 23.5. The lowest BCUT2D eigenvalue weighted by molar-refractivity contribution is -0.646. The van der Waals surface area contributed by atoms with Crippen LogP contribution in [0, 0.1) is 0 Å². The fraction of sp³-hybridized carbons (Fsp3) is 0.190. The summed E-state index contributed by atoms with van der Waals surface area (Å²) in [5.41, 5.74) is 9.48. The van der Waals surface area contributed by atoms with Gasteiger partial charge in [0.1, 0.15) is 7.05 Å². The van der Waals surface area contributed by atoms with E-state index in [0.717, 1.165) is 35.9 Å². The Bertz CT molecular complexity index is 1900. The SMILES string of the molecule is C\N=C1/C=CC=C/C1=C/C=C/C=C/c1ccccc1N(C)CCSSCCN(C)c1ccccc1/C=C/c1ccc2ccccc2[n+]1C. The average molecular weight is 670 g/mol. The highest BCUT2D eigenvalue weighted by molar-refractivity contribution is 8.76. The van der Waals surface area contributed by atoms with Crippen LogP contribution in [0.3, 0.4) is 0 Å². The second-order valence-corrected chi connectivity index (χ2v) is 14.2. The van der Waals surface area contributed by atoms with E-state index in [2.05, 4.69) is 174 Å². The van der Waals surface area contributed by atoms with Crippen LogP contribution in [-0.4, -0.2) is 51.4 Å². The zero-order chi connectivity index (χ0) is 33.6. The molecule has 4 aromatic rings. The van der Waals surface area contributed by atoms with Gasteiger partial charge in [0.2, 0.25) is 11.2 Å². The highest BCUT2D eigenvalue weighted by Gasteiger charge is 2.10. The van der Waals surface area contributed by atoms with Crippen molar-refractivity contribution in [1.82, 2.24) is 0 Å². The molecule has 1 aromatic heterocycles. The molecule has 3 aromatic carbocycles. The molecule has 244 valence electrons. The predicted octanol–water partition coefficient (Wildman–Crippen LogP) is 9.48. The molecule has 0 saturated carbocycles. The number of anilines is 2. The number of hydrogen-bond donors (Lipinski definition) is 0. The van der Waals surface area contributed by atoms with Crippen LogP contribution >= 0.6 is 21.6 Å². The first-order valence-electron chi connectivity index (χ1n) is 16.3. The maximum Gasteiger partial charge on any atom is 0.212 e. The number of benzene rings is 3. The van der Waals surface area contributed by atoms with Gasteiger partial charge in [0.05, 0.1) is 5.71 Å². The maximum absolute atomic E-state index is 4.34. The van der Waals surface area contributed by atoms with Crippen molar-refractivity contribution >= 4 is 67.8 Å². The Morgan fingerprint density at radius 2 is 1.29 bits per heavy atom. The van der Waals surface area contributed by atoms with Crippen LogP contribution in [0.25, 0.3) is 29.1 Å². The molecular formula is C42H45N4S2+. The van der Waals surface area contributed by atoms with Gasteiger partial charge in [-0.3, -0.25) is 4.99 Å². The van der Waals surface area contributed by atoms with Gasteiger partial charge >= 0.3 is 0 Å². The zero-order valence-electron chi connectivity index (χ0n) is 28.4. The molecule has 0 bridgehead atoms.